The van der Waals surface area contributed by atoms with E-state index in [1.165, 1.54) is 12.1 Å². The molecule has 1 aromatic carbocycles. The molecule has 0 unspecified atom stereocenters. The minimum Gasteiger partial charge on any atom is -0.282 e. The zero-order valence-corrected chi connectivity index (χ0v) is 8.71. The van der Waals surface area contributed by atoms with E-state index in [4.69, 9.17) is 4.55 Å². The van der Waals surface area contributed by atoms with E-state index in [2.05, 4.69) is 6.58 Å². The van der Waals surface area contributed by atoms with Crippen molar-refractivity contribution in [2.24, 2.45) is 0 Å². The van der Waals surface area contributed by atoms with Gasteiger partial charge < -0.3 is 0 Å². The molecule has 1 aromatic rings. The lowest BCUT2D eigenvalue weighted by Gasteiger charge is -2.01. The van der Waals surface area contributed by atoms with Crippen molar-refractivity contribution in [3.63, 3.8) is 0 Å². The van der Waals surface area contributed by atoms with E-state index < -0.39 is 10.1 Å². The minimum absolute atomic E-state index is 0.0806. The van der Waals surface area contributed by atoms with Gasteiger partial charge in [-0.05, 0) is 31.0 Å². The summed E-state index contributed by atoms with van der Waals surface area (Å²) in [6.45, 7) is 5.65. The van der Waals surface area contributed by atoms with Gasteiger partial charge in [-0.15, -0.1) is 0 Å². The van der Waals surface area contributed by atoms with Gasteiger partial charge in [0.15, 0.2) is 0 Å². The zero-order valence-electron chi connectivity index (χ0n) is 7.90. The first-order valence-corrected chi connectivity index (χ1v) is 5.54. The second-order valence-electron chi connectivity index (χ2n) is 3.25. The van der Waals surface area contributed by atoms with Crippen molar-refractivity contribution in [1.82, 2.24) is 0 Å². The molecular formula is C10H12O3S. The second kappa shape index (κ2) is 3.94. The molecule has 14 heavy (non-hydrogen) atoms. The average Bonchev–Trinajstić information content (AvgIpc) is 2.02. The van der Waals surface area contributed by atoms with Gasteiger partial charge in [0.25, 0.3) is 10.1 Å². The van der Waals surface area contributed by atoms with Gasteiger partial charge in [0.2, 0.25) is 0 Å². The van der Waals surface area contributed by atoms with Gasteiger partial charge >= 0.3 is 0 Å². The van der Waals surface area contributed by atoms with E-state index in [9.17, 15) is 8.42 Å². The maximum Gasteiger partial charge on any atom is 0.294 e. The molecule has 76 valence electrons. The summed E-state index contributed by atoms with van der Waals surface area (Å²) in [6.07, 6.45) is 0.714. The van der Waals surface area contributed by atoms with Crippen molar-refractivity contribution in [1.29, 1.82) is 0 Å². The Labute approximate surface area is 83.8 Å². The summed E-state index contributed by atoms with van der Waals surface area (Å²) in [5, 5.41) is 0. The van der Waals surface area contributed by atoms with E-state index >= 15 is 0 Å². The fraction of sp³-hybridized carbons (Fsp3) is 0.200. The Kier molecular flexibility index (Phi) is 3.08. The van der Waals surface area contributed by atoms with Crippen molar-refractivity contribution in [3.8, 4) is 0 Å². The van der Waals surface area contributed by atoms with Gasteiger partial charge in [0, 0.05) is 0 Å². The first kappa shape index (κ1) is 10.9. The van der Waals surface area contributed by atoms with E-state index in [1.54, 1.807) is 12.1 Å². The topological polar surface area (TPSA) is 54.4 Å². The Hall–Kier alpha value is -1.13. The van der Waals surface area contributed by atoms with Gasteiger partial charge in [-0.1, -0.05) is 24.3 Å². The number of allylic oxidation sites excluding steroid dienone is 1. The predicted octanol–water partition coefficient (Wildman–Crippen LogP) is 2.05. The highest BCUT2D eigenvalue weighted by molar-refractivity contribution is 7.85. The summed E-state index contributed by atoms with van der Waals surface area (Å²) in [7, 11) is -4.07. The van der Waals surface area contributed by atoms with Gasteiger partial charge in [-0.25, -0.2) is 0 Å². The fourth-order valence-electron chi connectivity index (χ4n) is 1.13. The Morgan fingerprint density at radius 3 is 2.21 bits per heavy atom. The minimum atomic E-state index is -4.07. The third-order valence-electron chi connectivity index (χ3n) is 1.73. The molecule has 0 fully saturated rings. The highest BCUT2D eigenvalue weighted by Gasteiger charge is 2.07. The van der Waals surface area contributed by atoms with Gasteiger partial charge in [-0.3, -0.25) is 4.55 Å². The molecule has 0 heterocycles. The van der Waals surface area contributed by atoms with Crippen molar-refractivity contribution >= 4 is 10.1 Å². The molecule has 0 bridgehead atoms. The van der Waals surface area contributed by atoms with E-state index in [0.29, 0.717) is 6.42 Å². The number of rotatable bonds is 3. The lowest BCUT2D eigenvalue weighted by molar-refractivity contribution is 0.483. The molecule has 0 aliphatic carbocycles. The Bertz CT molecular complexity index is 429. The summed E-state index contributed by atoms with van der Waals surface area (Å²) in [6, 6.07) is 6.09. The van der Waals surface area contributed by atoms with Crippen LogP contribution in [0, 0.1) is 0 Å². The van der Waals surface area contributed by atoms with Crippen molar-refractivity contribution in [2.75, 3.05) is 0 Å². The van der Waals surface area contributed by atoms with Crippen molar-refractivity contribution in [3.05, 3.63) is 42.0 Å². The molecule has 0 saturated heterocycles. The maximum atomic E-state index is 10.7. The fourth-order valence-corrected chi connectivity index (χ4v) is 1.61. The first-order valence-electron chi connectivity index (χ1n) is 4.10. The van der Waals surface area contributed by atoms with Crippen LogP contribution < -0.4 is 0 Å². The molecule has 0 atom stereocenters. The van der Waals surface area contributed by atoms with Crippen LogP contribution in [0.3, 0.4) is 0 Å². The van der Waals surface area contributed by atoms with Crippen LogP contribution in [0.25, 0.3) is 0 Å². The number of hydrogen-bond acceptors (Lipinski definition) is 2. The summed E-state index contributed by atoms with van der Waals surface area (Å²) in [4.78, 5) is -0.0806. The Morgan fingerprint density at radius 2 is 1.86 bits per heavy atom. The Morgan fingerprint density at radius 1 is 1.36 bits per heavy atom. The largest absolute Gasteiger partial charge is 0.294 e. The van der Waals surface area contributed by atoms with Crippen LogP contribution in [0.4, 0.5) is 0 Å². The van der Waals surface area contributed by atoms with Crippen LogP contribution in [-0.2, 0) is 16.5 Å². The third kappa shape index (κ3) is 2.97. The molecule has 1 rings (SSSR count). The monoisotopic (exact) mass is 212 g/mol. The van der Waals surface area contributed by atoms with Gasteiger partial charge in [-0.2, -0.15) is 8.42 Å². The molecule has 0 saturated carbocycles. The molecule has 1 N–H and O–H groups in total. The molecule has 0 aliphatic rings. The SMILES string of the molecule is C=C(C)Cc1ccc(S(=O)(=O)O)cc1. The molecule has 3 nitrogen and oxygen atoms in total. The third-order valence-corrected chi connectivity index (χ3v) is 2.59. The van der Waals surface area contributed by atoms with Crippen LogP contribution in [-0.4, -0.2) is 13.0 Å². The standard InChI is InChI=1S/C10H12O3S/c1-8(2)7-9-3-5-10(6-4-9)14(11,12)13/h3-6H,1,7H2,2H3,(H,11,12,13). The summed E-state index contributed by atoms with van der Waals surface area (Å²) in [5.41, 5.74) is 1.98. The lowest BCUT2D eigenvalue weighted by Crippen LogP contribution is -1.97. The van der Waals surface area contributed by atoms with Gasteiger partial charge in [0.05, 0.1) is 4.90 Å². The predicted molar refractivity (Wildman–Crippen MR) is 54.8 cm³/mol. The molecular weight excluding hydrogens is 200 g/mol. The molecule has 0 radical (unpaired) electrons. The van der Waals surface area contributed by atoms with E-state index in [1.807, 2.05) is 6.92 Å². The summed E-state index contributed by atoms with van der Waals surface area (Å²) >= 11 is 0. The molecule has 0 spiro atoms. The first-order chi connectivity index (χ1) is 6.39. The quantitative estimate of drug-likeness (QED) is 0.616. The second-order valence-corrected chi connectivity index (χ2v) is 4.67. The number of benzene rings is 1. The molecule has 0 aromatic heterocycles. The maximum absolute atomic E-state index is 10.7. The molecule has 0 aliphatic heterocycles. The van der Waals surface area contributed by atoms with Crippen molar-refractivity contribution in [2.45, 2.75) is 18.2 Å². The Balaban J connectivity index is 2.95. The molecule has 4 heteroatoms. The summed E-state index contributed by atoms with van der Waals surface area (Å²) < 4.78 is 30.1. The highest BCUT2D eigenvalue weighted by Crippen LogP contribution is 2.12. The normalized spacial score (nSPS) is 11.3. The van der Waals surface area contributed by atoms with Crippen LogP contribution in [0.5, 0.6) is 0 Å². The van der Waals surface area contributed by atoms with E-state index in [-0.39, 0.29) is 4.90 Å². The molecule has 0 amide bonds. The van der Waals surface area contributed by atoms with Crippen LogP contribution >= 0.6 is 0 Å². The number of hydrogen-bond donors (Lipinski definition) is 1. The highest BCUT2D eigenvalue weighted by atomic mass is 32.2. The van der Waals surface area contributed by atoms with Crippen LogP contribution in [0.2, 0.25) is 0 Å². The summed E-state index contributed by atoms with van der Waals surface area (Å²) in [5.74, 6) is 0. The van der Waals surface area contributed by atoms with Crippen LogP contribution in [0.15, 0.2) is 41.3 Å². The van der Waals surface area contributed by atoms with Gasteiger partial charge in [0.1, 0.15) is 0 Å². The van der Waals surface area contributed by atoms with Crippen molar-refractivity contribution < 1.29 is 13.0 Å². The smallest absolute Gasteiger partial charge is 0.282 e. The lowest BCUT2D eigenvalue weighted by atomic mass is 10.1. The van der Waals surface area contributed by atoms with E-state index in [0.717, 1.165) is 11.1 Å². The van der Waals surface area contributed by atoms with Crippen LogP contribution in [0.1, 0.15) is 12.5 Å². The zero-order chi connectivity index (χ0) is 10.8. The average molecular weight is 212 g/mol.